The van der Waals surface area contributed by atoms with Gasteiger partial charge in [0.2, 0.25) is 0 Å². The van der Waals surface area contributed by atoms with E-state index in [1.165, 1.54) is 28.5 Å². The first kappa shape index (κ1) is 21.7. The van der Waals surface area contributed by atoms with E-state index in [0.29, 0.717) is 11.3 Å². The largest absolute Gasteiger partial charge is 0.478 e. The maximum Gasteiger partial charge on any atom is 0.335 e. The van der Waals surface area contributed by atoms with Crippen molar-refractivity contribution < 1.29 is 14.7 Å². The zero-order valence-electron chi connectivity index (χ0n) is 19.1. The summed E-state index contributed by atoms with van der Waals surface area (Å²) in [5.41, 5.74) is 5.83. The number of carboxylic acids is 1. The molecule has 1 aliphatic rings. The van der Waals surface area contributed by atoms with Crippen LogP contribution in [0.5, 0.6) is 0 Å². The summed E-state index contributed by atoms with van der Waals surface area (Å²) >= 11 is 0. The molecule has 0 radical (unpaired) electrons. The zero-order valence-corrected chi connectivity index (χ0v) is 19.1. The van der Waals surface area contributed by atoms with Gasteiger partial charge in [0.05, 0.1) is 5.56 Å². The van der Waals surface area contributed by atoms with Crippen LogP contribution in [-0.4, -0.2) is 17.0 Å². The Morgan fingerprint density at radius 1 is 0.824 bits per heavy atom. The number of carbonyl (C=O) groups excluding carboxylic acids is 1. The van der Waals surface area contributed by atoms with Gasteiger partial charge in [-0.1, -0.05) is 62.4 Å². The lowest BCUT2D eigenvalue weighted by Crippen LogP contribution is -2.23. The number of hydrogen-bond donors (Lipinski definition) is 2. The van der Waals surface area contributed by atoms with Gasteiger partial charge in [-0.2, -0.15) is 0 Å². The molecule has 168 valence electrons. The fourth-order valence-electron chi connectivity index (χ4n) is 4.61. The summed E-state index contributed by atoms with van der Waals surface area (Å²) in [7, 11) is 0. The summed E-state index contributed by atoms with van der Waals surface area (Å²) in [6, 6.07) is 26.9. The van der Waals surface area contributed by atoms with Crippen molar-refractivity contribution in [2.45, 2.75) is 25.7 Å². The molecule has 0 bridgehead atoms. The fraction of sp³-hybridized carbons (Fsp3) is 0.133. The molecule has 0 unspecified atom stereocenters. The van der Waals surface area contributed by atoms with E-state index in [4.69, 9.17) is 5.11 Å². The Morgan fingerprint density at radius 2 is 1.53 bits per heavy atom. The molecular formula is C30H25NO3. The van der Waals surface area contributed by atoms with Crippen LogP contribution in [0.2, 0.25) is 0 Å². The summed E-state index contributed by atoms with van der Waals surface area (Å²) in [4.78, 5) is 24.1. The molecule has 0 spiro atoms. The van der Waals surface area contributed by atoms with E-state index in [-0.39, 0.29) is 16.9 Å². The summed E-state index contributed by atoms with van der Waals surface area (Å²) in [5.74, 6) is -1.23. The minimum absolute atomic E-state index is 0.0304. The number of allylic oxidation sites excluding steroid dienone is 1. The van der Waals surface area contributed by atoms with Crippen molar-refractivity contribution >= 4 is 33.9 Å². The molecule has 0 saturated heterocycles. The van der Waals surface area contributed by atoms with Gasteiger partial charge < -0.3 is 10.4 Å². The minimum atomic E-state index is -0.997. The maximum absolute atomic E-state index is 13.1. The maximum atomic E-state index is 13.1. The van der Waals surface area contributed by atoms with Gasteiger partial charge in [-0.25, -0.2) is 4.79 Å². The lowest BCUT2D eigenvalue weighted by Gasteiger charge is -2.32. The van der Waals surface area contributed by atoms with Gasteiger partial charge in [0.15, 0.2) is 0 Å². The minimum Gasteiger partial charge on any atom is -0.478 e. The third-order valence-electron chi connectivity index (χ3n) is 6.57. The number of nitrogens with one attached hydrogen (secondary N) is 1. The monoisotopic (exact) mass is 447 g/mol. The van der Waals surface area contributed by atoms with Crippen LogP contribution in [-0.2, 0) is 5.41 Å². The molecule has 0 saturated carbocycles. The summed E-state index contributed by atoms with van der Waals surface area (Å²) in [5, 5.41) is 14.3. The number of carboxylic acid groups (broad SMARTS) is 1. The first-order valence-electron chi connectivity index (χ1n) is 11.3. The average molecular weight is 448 g/mol. The van der Waals surface area contributed by atoms with Gasteiger partial charge in [-0.05, 0) is 87.3 Å². The van der Waals surface area contributed by atoms with Crippen molar-refractivity contribution in [1.29, 1.82) is 0 Å². The molecule has 1 amide bonds. The Morgan fingerprint density at radius 3 is 2.26 bits per heavy atom. The summed E-state index contributed by atoms with van der Waals surface area (Å²) in [6.45, 7) is 4.45. The Balaban J connectivity index is 1.51. The molecule has 4 aromatic carbocycles. The van der Waals surface area contributed by atoms with Crippen LogP contribution in [0, 0.1) is 0 Å². The van der Waals surface area contributed by atoms with Crippen LogP contribution >= 0.6 is 0 Å². The SMILES string of the molecule is CC1(C)CC=C(c2ccc3ccccc3c2)c2cc(C(=O)Nc3ccc(C(=O)O)cc3)ccc21. The van der Waals surface area contributed by atoms with E-state index in [2.05, 4.69) is 61.6 Å². The van der Waals surface area contributed by atoms with E-state index in [1.54, 1.807) is 12.1 Å². The van der Waals surface area contributed by atoms with E-state index >= 15 is 0 Å². The molecule has 0 aliphatic heterocycles. The Bertz CT molecular complexity index is 1460. The van der Waals surface area contributed by atoms with Gasteiger partial charge in [0.1, 0.15) is 0 Å². The number of hydrogen-bond acceptors (Lipinski definition) is 2. The van der Waals surface area contributed by atoms with E-state index in [0.717, 1.165) is 23.1 Å². The van der Waals surface area contributed by atoms with Gasteiger partial charge in [-0.3, -0.25) is 4.79 Å². The standard InChI is InChI=1S/C30H25NO3/c1-30(2)16-15-25(22-8-7-19-5-3-4-6-21(19)17-22)26-18-23(11-14-27(26)30)28(32)31-24-12-9-20(10-13-24)29(33)34/h3-15,17-18H,16H2,1-2H3,(H,31,32)(H,33,34). The van der Waals surface area contributed by atoms with Crippen molar-refractivity contribution in [3.05, 3.63) is 119 Å². The topological polar surface area (TPSA) is 66.4 Å². The predicted molar refractivity (Wildman–Crippen MR) is 136 cm³/mol. The number of anilines is 1. The fourth-order valence-corrected chi connectivity index (χ4v) is 4.61. The number of fused-ring (bicyclic) bond motifs is 2. The second-order valence-electron chi connectivity index (χ2n) is 9.36. The lowest BCUT2D eigenvalue weighted by atomic mass is 9.72. The Labute approximate surface area is 198 Å². The van der Waals surface area contributed by atoms with Crippen LogP contribution in [0.15, 0.2) is 91.0 Å². The number of rotatable bonds is 4. The van der Waals surface area contributed by atoms with Crippen molar-refractivity contribution in [1.82, 2.24) is 0 Å². The summed E-state index contributed by atoms with van der Waals surface area (Å²) < 4.78 is 0. The van der Waals surface area contributed by atoms with Crippen molar-refractivity contribution in [3.8, 4) is 0 Å². The van der Waals surface area contributed by atoms with Crippen LogP contribution in [0.3, 0.4) is 0 Å². The predicted octanol–water partition coefficient (Wildman–Crippen LogP) is 6.90. The van der Waals surface area contributed by atoms with Crippen LogP contribution in [0.4, 0.5) is 5.69 Å². The Hall–Kier alpha value is -4.18. The van der Waals surface area contributed by atoms with E-state index in [9.17, 15) is 9.59 Å². The molecule has 0 fully saturated rings. The molecule has 0 aromatic heterocycles. The second-order valence-corrected chi connectivity index (χ2v) is 9.36. The van der Waals surface area contributed by atoms with Crippen molar-refractivity contribution in [2.24, 2.45) is 0 Å². The van der Waals surface area contributed by atoms with Gasteiger partial charge in [0.25, 0.3) is 5.91 Å². The van der Waals surface area contributed by atoms with E-state index < -0.39 is 5.97 Å². The third-order valence-corrected chi connectivity index (χ3v) is 6.57. The Kier molecular flexibility index (Phi) is 5.29. The third kappa shape index (κ3) is 3.99. The molecule has 4 nitrogen and oxygen atoms in total. The molecule has 0 heterocycles. The normalized spacial score (nSPS) is 14.2. The van der Waals surface area contributed by atoms with Gasteiger partial charge in [0, 0.05) is 11.3 Å². The van der Waals surface area contributed by atoms with Crippen LogP contribution in [0.25, 0.3) is 16.3 Å². The van der Waals surface area contributed by atoms with Gasteiger partial charge >= 0.3 is 5.97 Å². The number of carbonyl (C=O) groups is 2. The summed E-state index contributed by atoms with van der Waals surface area (Å²) in [6.07, 6.45) is 3.20. The number of amides is 1. The first-order valence-corrected chi connectivity index (χ1v) is 11.3. The molecule has 34 heavy (non-hydrogen) atoms. The van der Waals surface area contributed by atoms with E-state index in [1.807, 2.05) is 24.3 Å². The van der Waals surface area contributed by atoms with Crippen molar-refractivity contribution in [3.63, 3.8) is 0 Å². The molecule has 1 aliphatic carbocycles. The second kappa shape index (κ2) is 8.31. The molecule has 0 atom stereocenters. The molecule has 5 rings (SSSR count). The number of benzene rings is 4. The van der Waals surface area contributed by atoms with Crippen LogP contribution in [0.1, 0.15) is 57.7 Å². The highest BCUT2D eigenvalue weighted by atomic mass is 16.4. The average Bonchev–Trinajstić information content (AvgIpc) is 2.84. The highest BCUT2D eigenvalue weighted by molar-refractivity contribution is 6.05. The van der Waals surface area contributed by atoms with Gasteiger partial charge in [-0.15, -0.1) is 0 Å². The highest BCUT2D eigenvalue weighted by Gasteiger charge is 2.29. The molecular weight excluding hydrogens is 422 g/mol. The molecule has 4 aromatic rings. The quantitative estimate of drug-likeness (QED) is 0.357. The lowest BCUT2D eigenvalue weighted by molar-refractivity contribution is 0.0696. The smallest absolute Gasteiger partial charge is 0.335 e. The van der Waals surface area contributed by atoms with Crippen LogP contribution < -0.4 is 5.32 Å². The molecule has 4 heteroatoms. The highest BCUT2D eigenvalue weighted by Crippen LogP contribution is 2.42. The molecule has 2 N–H and O–H groups in total. The first-order chi connectivity index (χ1) is 16.3. The number of aromatic carboxylic acids is 1. The zero-order chi connectivity index (χ0) is 23.9. The van der Waals surface area contributed by atoms with Crippen molar-refractivity contribution in [2.75, 3.05) is 5.32 Å².